The molecule has 4 heteroatoms. The van der Waals surface area contributed by atoms with Crippen LogP contribution >= 0.6 is 0 Å². The van der Waals surface area contributed by atoms with Crippen molar-refractivity contribution in [1.29, 1.82) is 0 Å². The fourth-order valence-corrected chi connectivity index (χ4v) is 1.94. The molecule has 0 aromatic heterocycles. The van der Waals surface area contributed by atoms with Gasteiger partial charge in [0.2, 0.25) is 0 Å². The van der Waals surface area contributed by atoms with Crippen LogP contribution in [0.5, 0.6) is 0 Å². The average molecular weight is 223 g/mol. The number of carbonyl (C=O) groups excluding carboxylic acids is 1. The van der Waals surface area contributed by atoms with Gasteiger partial charge in [0.25, 0.3) is 0 Å². The first kappa shape index (κ1) is 11.1. The highest BCUT2D eigenvalue weighted by Gasteiger charge is 2.52. The van der Waals surface area contributed by atoms with Crippen LogP contribution in [-0.2, 0) is 21.5 Å². The van der Waals surface area contributed by atoms with E-state index in [1.54, 1.807) is 12.1 Å². The lowest BCUT2D eigenvalue weighted by Gasteiger charge is -2.13. The summed E-state index contributed by atoms with van der Waals surface area (Å²) in [5, 5.41) is 0. The molecule has 3 nitrogen and oxygen atoms in total. The van der Waals surface area contributed by atoms with E-state index in [9.17, 15) is 9.18 Å². The summed E-state index contributed by atoms with van der Waals surface area (Å²) < 4.78 is 18.3. The minimum absolute atomic E-state index is 0.164. The van der Waals surface area contributed by atoms with Gasteiger partial charge in [0.1, 0.15) is 5.82 Å². The van der Waals surface area contributed by atoms with Gasteiger partial charge in [0, 0.05) is 12.1 Å². The Labute approximate surface area is 93.4 Å². The molecule has 2 rings (SSSR count). The lowest BCUT2D eigenvalue weighted by atomic mass is 9.95. The molecule has 0 bridgehead atoms. The van der Waals surface area contributed by atoms with Crippen LogP contribution in [0.15, 0.2) is 18.2 Å². The summed E-state index contributed by atoms with van der Waals surface area (Å²) in [6.45, 7) is 0.164. The second-order valence-corrected chi connectivity index (χ2v) is 4.08. The van der Waals surface area contributed by atoms with Crippen LogP contribution in [-0.4, -0.2) is 13.1 Å². The minimum Gasteiger partial charge on any atom is -0.468 e. The van der Waals surface area contributed by atoms with Crippen molar-refractivity contribution in [2.75, 3.05) is 7.11 Å². The van der Waals surface area contributed by atoms with Crippen LogP contribution in [0.2, 0.25) is 0 Å². The van der Waals surface area contributed by atoms with Crippen LogP contribution in [0.1, 0.15) is 24.0 Å². The first-order valence-electron chi connectivity index (χ1n) is 5.21. The monoisotopic (exact) mass is 223 g/mol. The van der Waals surface area contributed by atoms with E-state index in [1.165, 1.54) is 13.2 Å². The molecule has 2 N–H and O–H groups in total. The van der Waals surface area contributed by atoms with E-state index in [1.807, 2.05) is 0 Å². The molecule has 0 unspecified atom stereocenters. The number of nitrogens with two attached hydrogens (primary N) is 1. The van der Waals surface area contributed by atoms with Gasteiger partial charge >= 0.3 is 5.97 Å². The molecule has 1 aromatic carbocycles. The third kappa shape index (κ3) is 1.59. The lowest BCUT2D eigenvalue weighted by molar-refractivity contribution is -0.143. The van der Waals surface area contributed by atoms with Gasteiger partial charge in [-0.15, -0.1) is 0 Å². The molecule has 0 radical (unpaired) electrons. The Balaban J connectivity index is 2.35. The fourth-order valence-electron chi connectivity index (χ4n) is 1.94. The normalized spacial score (nSPS) is 16.9. The Hall–Kier alpha value is -1.42. The van der Waals surface area contributed by atoms with Crippen molar-refractivity contribution in [1.82, 2.24) is 0 Å². The van der Waals surface area contributed by atoms with Crippen LogP contribution in [0.25, 0.3) is 0 Å². The molecule has 0 saturated heterocycles. The van der Waals surface area contributed by atoms with Crippen LogP contribution < -0.4 is 5.73 Å². The van der Waals surface area contributed by atoms with Crippen molar-refractivity contribution >= 4 is 5.97 Å². The van der Waals surface area contributed by atoms with Crippen LogP contribution in [0.3, 0.4) is 0 Å². The molecule has 1 aliphatic carbocycles. The molecule has 1 saturated carbocycles. The summed E-state index contributed by atoms with van der Waals surface area (Å²) in [7, 11) is 1.35. The van der Waals surface area contributed by atoms with Crippen molar-refractivity contribution in [3.63, 3.8) is 0 Å². The number of benzene rings is 1. The largest absolute Gasteiger partial charge is 0.468 e. The van der Waals surface area contributed by atoms with E-state index in [4.69, 9.17) is 10.5 Å². The van der Waals surface area contributed by atoms with Gasteiger partial charge in [-0.3, -0.25) is 4.79 Å². The maximum absolute atomic E-state index is 13.5. The Morgan fingerprint density at radius 2 is 2.25 bits per heavy atom. The van der Waals surface area contributed by atoms with E-state index in [0.717, 1.165) is 12.8 Å². The second-order valence-electron chi connectivity index (χ2n) is 4.08. The van der Waals surface area contributed by atoms with Gasteiger partial charge in [-0.05, 0) is 24.5 Å². The highest BCUT2D eigenvalue weighted by molar-refractivity contribution is 5.86. The highest BCUT2D eigenvalue weighted by Crippen LogP contribution is 2.49. The van der Waals surface area contributed by atoms with E-state index in [0.29, 0.717) is 11.1 Å². The molecule has 1 fully saturated rings. The molecule has 0 amide bonds. The number of halogens is 1. The van der Waals surface area contributed by atoms with Gasteiger partial charge < -0.3 is 10.5 Å². The summed E-state index contributed by atoms with van der Waals surface area (Å²) in [5.74, 6) is -0.637. The quantitative estimate of drug-likeness (QED) is 0.790. The van der Waals surface area contributed by atoms with Gasteiger partial charge in [-0.25, -0.2) is 4.39 Å². The summed E-state index contributed by atoms with van der Waals surface area (Å²) in [4.78, 5) is 11.6. The highest BCUT2D eigenvalue weighted by atomic mass is 19.1. The zero-order valence-corrected chi connectivity index (χ0v) is 9.13. The summed E-state index contributed by atoms with van der Waals surface area (Å²) in [6.07, 6.45) is 1.45. The van der Waals surface area contributed by atoms with E-state index in [2.05, 4.69) is 0 Å². The van der Waals surface area contributed by atoms with Gasteiger partial charge in [-0.1, -0.05) is 12.1 Å². The van der Waals surface area contributed by atoms with Crippen molar-refractivity contribution in [2.45, 2.75) is 24.8 Å². The van der Waals surface area contributed by atoms with Gasteiger partial charge in [0.05, 0.1) is 12.5 Å². The van der Waals surface area contributed by atoms with E-state index < -0.39 is 5.41 Å². The van der Waals surface area contributed by atoms with Crippen molar-refractivity contribution < 1.29 is 13.9 Å². The minimum atomic E-state index is -0.608. The van der Waals surface area contributed by atoms with Gasteiger partial charge in [0.15, 0.2) is 0 Å². The molecule has 0 heterocycles. The predicted octanol–water partition coefficient (Wildman–Crippen LogP) is 1.49. The molecular weight excluding hydrogens is 209 g/mol. The van der Waals surface area contributed by atoms with Crippen LogP contribution in [0.4, 0.5) is 4.39 Å². The molecule has 1 aliphatic rings. The molecular formula is C12H14FNO2. The first-order chi connectivity index (χ1) is 7.64. The molecule has 0 spiro atoms. The number of hydrogen-bond donors (Lipinski definition) is 1. The van der Waals surface area contributed by atoms with Crippen LogP contribution in [0, 0.1) is 5.82 Å². The standard InChI is InChI=1S/C12H14FNO2/c1-16-11(15)12(4-5-12)9-3-2-8(7-14)10(13)6-9/h2-3,6H,4-5,7,14H2,1H3. The zero-order valence-electron chi connectivity index (χ0n) is 9.13. The number of esters is 1. The number of ether oxygens (including phenoxy) is 1. The second kappa shape index (κ2) is 3.87. The topological polar surface area (TPSA) is 52.3 Å². The maximum Gasteiger partial charge on any atom is 0.316 e. The Bertz CT molecular complexity index is 427. The lowest BCUT2D eigenvalue weighted by Crippen LogP contribution is -2.22. The van der Waals surface area contributed by atoms with Crippen molar-refractivity contribution in [3.05, 3.63) is 35.1 Å². The third-order valence-electron chi connectivity index (χ3n) is 3.15. The molecule has 16 heavy (non-hydrogen) atoms. The Kier molecular flexibility index (Phi) is 2.68. The van der Waals surface area contributed by atoms with Crippen molar-refractivity contribution in [3.8, 4) is 0 Å². The van der Waals surface area contributed by atoms with E-state index >= 15 is 0 Å². The van der Waals surface area contributed by atoms with E-state index in [-0.39, 0.29) is 18.3 Å². The number of carbonyl (C=O) groups is 1. The third-order valence-corrected chi connectivity index (χ3v) is 3.15. The molecule has 86 valence electrons. The number of hydrogen-bond acceptors (Lipinski definition) is 3. The van der Waals surface area contributed by atoms with Gasteiger partial charge in [-0.2, -0.15) is 0 Å². The summed E-state index contributed by atoms with van der Waals surface area (Å²) in [5.41, 5.74) is 5.92. The fraction of sp³-hybridized carbons (Fsp3) is 0.417. The summed E-state index contributed by atoms with van der Waals surface area (Å²) in [6, 6.07) is 4.79. The zero-order chi connectivity index (χ0) is 11.8. The molecule has 0 atom stereocenters. The Morgan fingerprint density at radius 3 is 2.69 bits per heavy atom. The maximum atomic E-state index is 13.5. The number of rotatable bonds is 3. The SMILES string of the molecule is COC(=O)C1(c2ccc(CN)c(F)c2)CC1. The molecule has 1 aromatic rings. The summed E-state index contributed by atoms with van der Waals surface area (Å²) >= 11 is 0. The smallest absolute Gasteiger partial charge is 0.316 e. The van der Waals surface area contributed by atoms with Crippen molar-refractivity contribution in [2.24, 2.45) is 5.73 Å². The Morgan fingerprint density at radius 1 is 1.56 bits per heavy atom. The number of methoxy groups -OCH3 is 1. The molecule has 0 aliphatic heterocycles. The predicted molar refractivity (Wildman–Crippen MR) is 57.2 cm³/mol. The average Bonchev–Trinajstić information content (AvgIpc) is 3.09. The first-order valence-corrected chi connectivity index (χ1v) is 5.21.